The number of fused-ring (bicyclic) bond motifs is 1. The largest absolute Gasteiger partial charge is 0.507 e. The zero-order valence-electron chi connectivity index (χ0n) is 19.9. The van der Waals surface area contributed by atoms with E-state index in [1.165, 1.54) is 12.8 Å². The summed E-state index contributed by atoms with van der Waals surface area (Å²) in [6.07, 6.45) is 2.35. The highest BCUT2D eigenvalue weighted by Gasteiger charge is 2.32. The Morgan fingerprint density at radius 1 is 1.09 bits per heavy atom. The van der Waals surface area contributed by atoms with Crippen molar-refractivity contribution in [2.45, 2.75) is 77.7 Å². The lowest BCUT2D eigenvalue weighted by molar-refractivity contribution is 0.0962. The van der Waals surface area contributed by atoms with Crippen LogP contribution in [-0.2, 0) is 17.4 Å². The summed E-state index contributed by atoms with van der Waals surface area (Å²) in [4.78, 5) is 19.8. The minimum atomic E-state index is -0.292. The zero-order valence-corrected chi connectivity index (χ0v) is 21.6. The number of benzene rings is 1. The van der Waals surface area contributed by atoms with Crippen molar-refractivity contribution in [1.82, 2.24) is 9.88 Å². The number of phenolic OH excluding ortho intramolecular Hbond substituents is 1. The summed E-state index contributed by atoms with van der Waals surface area (Å²) in [6.45, 7) is 12.9. The second-order valence-corrected chi connectivity index (χ2v) is 11.1. The molecule has 4 rings (SSSR count). The number of aromatic nitrogens is 1. The fourth-order valence-corrected chi connectivity index (χ4v) is 4.22. The fourth-order valence-electron chi connectivity index (χ4n) is 4.22. The van der Waals surface area contributed by atoms with Crippen LogP contribution in [0.25, 0.3) is 0 Å². The van der Waals surface area contributed by atoms with Crippen molar-refractivity contribution in [2.24, 2.45) is 0 Å². The van der Waals surface area contributed by atoms with Crippen LogP contribution in [0.5, 0.6) is 5.75 Å². The fraction of sp³-hybridized carbons (Fsp3) is 0.500. The molecule has 0 bridgehead atoms. The molecule has 1 aromatic carbocycles. The molecule has 1 saturated carbocycles. The van der Waals surface area contributed by atoms with Crippen LogP contribution >= 0.6 is 17.0 Å². The Bertz CT molecular complexity index is 1040. The van der Waals surface area contributed by atoms with E-state index in [1.807, 2.05) is 53.7 Å². The number of carbonyl (C=O) groups excluding carboxylic acids is 1. The predicted octanol–water partition coefficient (Wildman–Crippen LogP) is 5.86. The third kappa shape index (κ3) is 4.61. The van der Waals surface area contributed by atoms with Crippen LogP contribution in [0.3, 0.4) is 0 Å². The van der Waals surface area contributed by atoms with Gasteiger partial charge in [-0.15, -0.1) is 17.0 Å². The number of pyridine rings is 1. The summed E-state index contributed by atoms with van der Waals surface area (Å²) in [5.74, 6) is 1.10. The van der Waals surface area contributed by atoms with Gasteiger partial charge in [-0.1, -0.05) is 47.6 Å². The van der Waals surface area contributed by atoms with Gasteiger partial charge >= 0.3 is 0 Å². The van der Waals surface area contributed by atoms with E-state index < -0.39 is 0 Å². The number of halogens is 1. The van der Waals surface area contributed by atoms with Crippen molar-refractivity contribution >= 4 is 28.6 Å². The summed E-state index contributed by atoms with van der Waals surface area (Å²) in [5.41, 5.74) is 4.35. The maximum absolute atomic E-state index is 13.3. The highest BCUT2D eigenvalue weighted by molar-refractivity contribution is 8.93. The molecule has 172 valence electrons. The summed E-state index contributed by atoms with van der Waals surface area (Å²) in [6, 6.07) is 7.78. The number of nitrogens with zero attached hydrogens (tertiary/aromatic N) is 2. The Balaban J connectivity index is 0.00000289. The molecule has 1 aliphatic heterocycles. The number of rotatable bonds is 4. The molecule has 0 amide bonds. The van der Waals surface area contributed by atoms with E-state index in [0.29, 0.717) is 29.6 Å². The number of ketones is 1. The van der Waals surface area contributed by atoms with Crippen LogP contribution in [0.4, 0.5) is 0 Å². The molecular weight excluding hydrogens is 466 g/mol. The summed E-state index contributed by atoms with van der Waals surface area (Å²) >= 11 is 0. The second kappa shape index (κ2) is 8.29. The van der Waals surface area contributed by atoms with Crippen molar-refractivity contribution in [3.05, 3.63) is 57.9 Å². The van der Waals surface area contributed by atoms with E-state index in [1.54, 1.807) is 4.90 Å². The van der Waals surface area contributed by atoms with Crippen molar-refractivity contribution < 1.29 is 9.90 Å². The number of carbonyl (C=O) groups is 1. The number of nitrogens with one attached hydrogen (secondary N) is 1. The molecule has 1 aromatic heterocycles. The summed E-state index contributed by atoms with van der Waals surface area (Å²) in [7, 11) is 0. The molecule has 2 aromatic rings. The normalized spacial score (nSPS) is 16.1. The van der Waals surface area contributed by atoms with E-state index >= 15 is 0 Å². The second-order valence-electron chi connectivity index (χ2n) is 11.1. The average Bonchev–Trinajstić information content (AvgIpc) is 3.46. The van der Waals surface area contributed by atoms with Gasteiger partial charge in [-0.25, -0.2) is 4.98 Å². The number of amidine groups is 1. The molecule has 32 heavy (non-hydrogen) atoms. The van der Waals surface area contributed by atoms with Gasteiger partial charge in [0.2, 0.25) is 0 Å². The Morgan fingerprint density at radius 3 is 2.16 bits per heavy atom. The third-order valence-corrected chi connectivity index (χ3v) is 6.28. The first-order chi connectivity index (χ1) is 14.4. The van der Waals surface area contributed by atoms with Gasteiger partial charge in [0.1, 0.15) is 17.3 Å². The number of hydrogen-bond donors (Lipinski definition) is 2. The first-order valence-electron chi connectivity index (χ1n) is 11.1. The van der Waals surface area contributed by atoms with Crippen molar-refractivity contribution in [1.29, 1.82) is 5.41 Å². The number of hydrogen-bond acceptors (Lipinski definition) is 4. The van der Waals surface area contributed by atoms with Gasteiger partial charge in [0.05, 0.1) is 6.54 Å². The molecule has 5 nitrogen and oxygen atoms in total. The highest BCUT2D eigenvalue weighted by atomic mass is 79.9. The quantitative estimate of drug-likeness (QED) is 0.516. The Labute approximate surface area is 201 Å². The summed E-state index contributed by atoms with van der Waals surface area (Å²) < 4.78 is 0. The van der Waals surface area contributed by atoms with Crippen molar-refractivity contribution in [2.75, 3.05) is 6.54 Å². The molecular formula is C26H34BrN3O2. The standard InChI is InChI=1S/C26H33N3O2.BrH/c1-25(2,3)18-11-17(12-19(23(18)31)26(4,5)6)21(30)14-29-13-16-9-10-20(15-7-8-15)28-22(16)24(29)27;/h9-12,15,27,31H,7-8,13-14H2,1-6H3;1H. The molecule has 0 unspecified atom stereocenters. The van der Waals surface area contributed by atoms with Gasteiger partial charge in [0.15, 0.2) is 5.78 Å². The van der Waals surface area contributed by atoms with Gasteiger partial charge in [-0.3, -0.25) is 10.2 Å². The van der Waals surface area contributed by atoms with Gasteiger partial charge in [-0.05, 0) is 41.9 Å². The van der Waals surface area contributed by atoms with Gasteiger partial charge in [0, 0.05) is 40.4 Å². The molecule has 0 saturated heterocycles. The van der Waals surface area contributed by atoms with E-state index in [-0.39, 0.29) is 45.9 Å². The molecule has 6 heteroatoms. The Hall–Kier alpha value is -2.21. The Kier molecular flexibility index (Phi) is 6.33. The highest BCUT2D eigenvalue weighted by Crippen LogP contribution is 2.41. The lowest BCUT2D eigenvalue weighted by atomic mass is 9.78. The smallest absolute Gasteiger partial charge is 0.182 e. The number of Topliss-reactive ketones (excluding diaryl/α,β-unsaturated/α-hetero) is 1. The lowest BCUT2D eigenvalue weighted by Gasteiger charge is -2.28. The molecule has 0 spiro atoms. The average molecular weight is 500 g/mol. The maximum atomic E-state index is 13.3. The number of aromatic hydroxyl groups is 1. The van der Waals surface area contributed by atoms with Crippen LogP contribution < -0.4 is 0 Å². The molecule has 0 radical (unpaired) electrons. The molecule has 2 aliphatic rings. The van der Waals surface area contributed by atoms with E-state index in [9.17, 15) is 9.90 Å². The van der Waals surface area contributed by atoms with E-state index in [4.69, 9.17) is 10.4 Å². The number of phenols is 1. The first-order valence-corrected chi connectivity index (χ1v) is 11.1. The topological polar surface area (TPSA) is 77.3 Å². The Morgan fingerprint density at radius 2 is 1.66 bits per heavy atom. The molecule has 0 atom stereocenters. The van der Waals surface area contributed by atoms with Crippen LogP contribution in [-0.4, -0.2) is 33.2 Å². The maximum Gasteiger partial charge on any atom is 0.182 e. The molecule has 2 N–H and O–H groups in total. The monoisotopic (exact) mass is 499 g/mol. The predicted molar refractivity (Wildman–Crippen MR) is 134 cm³/mol. The first kappa shape index (κ1) is 24.4. The minimum absolute atomic E-state index is 0. The van der Waals surface area contributed by atoms with E-state index in [2.05, 4.69) is 12.1 Å². The van der Waals surface area contributed by atoms with Crippen LogP contribution in [0.2, 0.25) is 0 Å². The molecule has 1 aliphatic carbocycles. The molecule has 2 heterocycles. The summed E-state index contributed by atoms with van der Waals surface area (Å²) in [5, 5.41) is 19.5. The zero-order chi connectivity index (χ0) is 22.7. The third-order valence-electron chi connectivity index (χ3n) is 6.28. The van der Waals surface area contributed by atoms with Crippen LogP contribution in [0.15, 0.2) is 24.3 Å². The molecule has 1 fully saturated rings. The van der Waals surface area contributed by atoms with Crippen molar-refractivity contribution in [3.63, 3.8) is 0 Å². The van der Waals surface area contributed by atoms with Gasteiger partial charge < -0.3 is 10.0 Å². The van der Waals surface area contributed by atoms with Crippen LogP contribution in [0.1, 0.15) is 98.7 Å². The lowest BCUT2D eigenvalue weighted by Crippen LogP contribution is -2.31. The van der Waals surface area contributed by atoms with Crippen molar-refractivity contribution in [3.8, 4) is 5.75 Å². The van der Waals surface area contributed by atoms with E-state index in [0.717, 1.165) is 22.4 Å². The van der Waals surface area contributed by atoms with Gasteiger partial charge in [0.25, 0.3) is 0 Å². The van der Waals surface area contributed by atoms with Crippen LogP contribution in [0, 0.1) is 5.41 Å². The SMILES string of the molecule is Br.CC(C)(C)c1cc(C(=O)CN2Cc3ccc(C4CC4)nc3C2=N)cc(C(C)(C)C)c1O. The minimum Gasteiger partial charge on any atom is -0.507 e. The van der Waals surface area contributed by atoms with Gasteiger partial charge in [-0.2, -0.15) is 0 Å².